The molecule has 0 aliphatic carbocycles. The average Bonchev–Trinajstić information content (AvgIpc) is 2.95. The number of anilines is 1. The van der Waals surface area contributed by atoms with E-state index in [1.165, 1.54) is 11.3 Å². The average molecular weight is 303 g/mol. The molecule has 0 fully saturated rings. The Hall–Kier alpha value is -2.34. The van der Waals surface area contributed by atoms with Crippen LogP contribution in [0.5, 0.6) is 0 Å². The number of benzene rings is 1. The predicted molar refractivity (Wildman–Crippen MR) is 84.4 cm³/mol. The summed E-state index contributed by atoms with van der Waals surface area (Å²) in [7, 11) is 1.62. The quantitative estimate of drug-likeness (QED) is 0.760. The van der Waals surface area contributed by atoms with Gasteiger partial charge >= 0.3 is 0 Å². The SMILES string of the molecule is CNC(=O)Cc1ccccc1NCc1cc(C(N)=O)cs1. The third-order valence-corrected chi connectivity index (χ3v) is 3.98. The molecule has 0 saturated heterocycles. The number of thiophene rings is 1. The van der Waals surface area contributed by atoms with E-state index in [0.29, 0.717) is 18.5 Å². The van der Waals surface area contributed by atoms with E-state index in [2.05, 4.69) is 10.6 Å². The van der Waals surface area contributed by atoms with Crippen LogP contribution in [0.3, 0.4) is 0 Å². The summed E-state index contributed by atoms with van der Waals surface area (Å²) in [6.07, 6.45) is 0.330. The number of nitrogens with two attached hydrogens (primary N) is 1. The molecule has 0 atom stereocenters. The van der Waals surface area contributed by atoms with Crippen LogP contribution >= 0.6 is 11.3 Å². The number of carbonyl (C=O) groups is 2. The van der Waals surface area contributed by atoms with Crippen LogP contribution in [0.2, 0.25) is 0 Å². The molecule has 1 aromatic heterocycles. The Morgan fingerprint density at radius 1 is 1.29 bits per heavy atom. The highest BCUT2D eigenvalue weighted by molar-refractivity contribution is 7.10. The van der Waals surface area contributed by atoms with E-state index in [1.807, 2.05) is 24.3 Å². The Kier molecular flexibility index (Phi) is 4.94. The molecule has 1 heterocycles. The van der Waals surface area contributed by atoms with Crippen molar-refractivity contribution in [2.45, 2.75) is 13.0 Å². The van der Waals surface area contributed by atoms with E-state index in [4.69, 9.17) is 5.73 Å². The second-order valence-electron chi connectivity index (χ2n) is 4.53. The van der Waals surface area contributed by atoms with Crippen molar-refractivity contribution in [3.8, 4) is 0 Å². The zero-order valence-electron chi connectivity index (χ0n) is 11.7. The molecule has 6 heteroatoms. The Morgan fingerprint density at radius 2 is 2.05 bits per heavy atom. The molecule has 2 aromatic rings. The van der Waals surface area contributed by atoms with E-state index >= 15 is 0 Å². The molecule has 0 spiro atoms. The maximum absolute atomic E-state index is 11.5. The third-order valence-electron chi connectivity index (χ3n) is 3.04. The number of carbonyl (C=O) groups excluding carboxylic acids is 2. The molecule has 4 N–H and O–H groups in total. The minimum absolute atomic E-state index is 0.0311. The first kappa shape index (κ1) is 15.1. The van der Waals surface area contributed by atoms with Crippen LogP contribution in [-0.2, 0) is 17.8 Å². The summed E-state index contributed by atoms with van der Waals surface area (Å²) < 4.78 is 0. The standard InChI is InChI=1S/C15H17N3O2S/c1-17-14(19)7-10-4-2-3-5-13(10)18-8-12-6-11(9-21-12)15(16)20/h2-6,9,18H,7-8H2,1H3,(H2,16,20)(H,17,19). The Balaban J connectivity index is 2.05. The van der Waals surface area contributed by atoms with Gasteiger partial charge in [-0.15, -0.1) is 11.3 Å². The van der Waals surface area contributed by atoms with E-state index < -0.39 is 5.91 Å². The summed E-state index contributed by atoms with van der Waals surface area (Å²) >= 11 is 1.48. The first-order valence-corrected chi connectivity index (χ1v) is 7.37. The second kappa shape index (κ2) is 6.90. The predicted octanol–water partition coefficient (Wildman–Crippen LogP) is 1.75. The fourth-order valence-electron chi connectivity index (χ4n) is 1.89. The van der Waals surface area contributed by atoms with Gasteiger partial charge in [0, 0.05) is 29.5 Å². The van der Waals surface area contributed by atoms with Crippen molar-refractivity contribution in [1.29, 1.82) is 0 Å². The van der Waals surface area contributed by atoms with Crippen molar-refractivity contribution < 1.29 is 9.59 Å². The maximum atomic E-state index is 11.5. The molecule has 21 heavy (non-hydrogen) atoms. The Labute approximate surface area is 127 Å². The van der Waals surface area contributed by atoms with E-state index in [0.717, 1.165) is 16.1 Å². The number of hydrogen-bond donors (Lipinski definition) is 3. The number of nitrogens with one attached hydrogen (secondary N) is 2. The first-order valence-electron chi connectivity index (χ1n) is 6.49. The molecule has 0 aliphatic rings. The number of likely N-dealkylation sites (N-methyl/N-ethyl adjacent to an activating group) is 1. The molecule has 0 saturated carbocycles. The lowest BCUT2D eigenvalue weighted by molar-refractivity contribution is -0.119. The lowest BCUT2D eigenvalue weighted by atomic mass is 10.1. The molecule has 110 valence electrons. The van der Waals surface area contributed by atoms with Crippen molar-refractivity contribution in [3.63, 3.8) is 0 Å². The summed E-state index contributed by atoms with van der Waals surface area (Å²) in [5.74, 6) is -0.450. The lowest BCUT2D eigenvalue weighted by Gasteiger charge is -2.10. The lowest BCUT2D eigenvalue weighted by Crippen LogP contribution is -2.20. The minimum Gasteiger partial charge on any atom is -0.380 e. The first-order chi connectivity index (χ1) is 10.1. The molecular weight excluding hydrogens is 286 g/mol. The monoisotopic (exact) mass is 303 g/mol. The van der Waals surface area contributed by atoms with Gasteiger partial charge in [0.2, 0.25) is 11.8 Å². The smallest absolute Gasteiger partial charge is 0.249 e. The van der Waals surface area contributed by atoms with Gasteiger partial charge in [-0.1, -0.05) is 18.2 Å². The largest absolute Gasteiger partial charge is 0.380 e. The van der Waals surface area contributed by atoms with Gasteiger partial charge in [0.15, 0.2) is 0 Å². The summed E-state index contributed by atoms with van der Waals surface area (Å²) in [6.45, 7) is 0.586. The van der Waals surface area contributed by atoms with Gasteiger partial charge in [0.1, 0.15) is 0 Å². The van der Waals surface area contributed by atoms with Crippen molar-refractivity contribution >= 4 is 28.8 Å². The number of amides is 2. The molecule has 5 nitrogen and oxygen atoms in total. The molecule has 1 aromatic carbocycles. The fourth-order valence-corrected chi connectivity index (χ4v) is 2.71. The topological polar surface area (TPSA) is 84.2 Å². The second-order valence-corrected chi connectivity index (χ2v) is 5.52. The normalized spacial score (nSPS) is 10.1. The fraction of sp³-hybridized carbons (Fsp3) is 0.200. The van der Waals surface area contributed by atoms with Crippen LogP contribution in [-0.4, -0.2) is 18.9 Å². The highest BCUT2D eigenvalue weighted by atomic mass is 32.1. The van der Waals surface area contributed by atoms with Crippen LogP contribution in [0.1, 0.15) is 20.8 Å². The summed E-state index contributed by atoms with van der Waals surface area (Å²) in [4.78, 5) is 23.6. The Morgan fingerprint density at radius 3 is 2.71 bits per heavy atom. The number of hydrogen-bond acceptors (Lipinski definition) is 4. The van der Waals surface area contributed by atoms with Gasteiger partial charge < -0.3 is 16.4 Å². The van der Waals surface area contributed by atoms with E-state index in [-0.39, 0.29) is 5.91 Å². The molecule has 0 radical (unpaired) electrons. The zero-order chi connectivity index (χ0) is 15.2. The van der Waals surface area contributed by atoms with Crippen LogP contribution in [0, 0.1) is 0 Å². The zero-order valence-corrected chi connectivity index (χ0v) is 12.5. The van der Waals surface area contributed by atoms with Crippen molar-refractivity contribution in [2.24, 2.45) is 5.73 Å². The molecule has 2 rings (SSSR count). The molecule has 0 aliphatic heterocycles. The summed E-state index contributed by atoms with van der Waals surface area (Å²) in [5.41, 5.74) is 7.60. The van der Waals surface area contributed by atoms with Crippen LogP contribution in [0.25, 0.3) is 0 Å². The highest BCUT2D eigenvalue weighted by Gasteiger charge is 2.08. The van der Waals surface area contributed by atoms with Crippen LogP contribution in [0.4, 0.5) is 5.69 Å². The van der Waals surface area contributed by atoms with Gasteiger partial charge in [0.05, 0.1) is 12.0 Å². The van der Waals surface area contributed by atoms with Crippen LogP contribution < -0.4 is 16.4 Å². The van der Waals surface area contributed by atoms with Crippen molar-refractivity contribution in [2.75, 3.05) is 12.4 Å². The summed E-state index contributed by atoms with van der Waals surface area (Å²) in [6, 6.07) is 9.45. The Bertz CT molecular complexity index is 652. The number of rotatable bonds is 6. The van der Waals surface area contributed by atoms with Crippen molar-refractivity contribution in [1.82, 2.24) is 5.32 Å². The molecule has 0 bridgehead atoms. The third kappa shape index (κ3) is 4.06. The van der Waals surface area contributed by atoms with Gasteiger partial charge in [-0.25, -0.2) is 0 Å². The van der Waals surface area contributed by atoms with Gasteiger partial charge in [0.25, 0.3) is 0 Å². The molecular formula is C15H17N3O2S. The highest BCUT2D eigenvalue weighted by Crippen LogP contribution is 2.19. The van der Waals surface area contributed by atoms with Crippen molar-refractivity contribution in [3.05, 3.63) is 51.7 Å². The molecule has 0 unspecified atom stereocenters. The van der Waals surface area contributed by atoms with Crippen LogP contribution in [0.15, 0.2) is 35.7 Å². The minimum atomic E-state index is -0.419. The number of primary amides is 1. The van der Waals surface area contributed by atoms with E-state index in [1.54, 1.807) is 18.5 Å². The number of para-hydroxylation sites is 1. The van der Waals surface area contributed by atoms with E-state index in [9.17, 15) is 9.59 Å². The maximum Gasteiger partial charge on any atom is 0.249 e. The molecule has 2 amide bonds. The van der Waals surface area contributed by atoms with Gasteiger partial charge in [-0.2, -0.15) is 0 Å². The van der Waals surface area contributed by atoms with Gasteiger partial charge in [-0.05, 0) is 17.7 Å². The summed E-state index contributed by atoms with van der Waals surface area (Å²) in [5, 5.41) is 7.65. The van der Waals surface area contributed by atoms with Gasteiger partial charge in [-0.3, -0.25) is 9.59 Å².